The third kappa shape index (κ3) is 4.44. The molecule has 0 unspecified atom stereocenters. The van der Waals surface area contributed by atoms with Crippen LogP contribution < -0.4 is 11.0 Å². The predicted octanol–water partition coefficient (Wildman–Crippen LogP) is 3.91. The largest absolute Gasteiger partial charge is 0.468 e. The maximum absolute atomic E-state index is 12.7. The second kappa shape index (κ2) is 8.17. The Labute approximate surface area is 172 Å². The average molecular weight is 461 g/mol. The summed E-state index contributed by atoms with van der Waals surface area (Å²) in [4.78, 5) is 32.7. The number of aromatic amines is 2. The monoisotopic (exact) mass is 460 g/mol. The molecule has 1 aromatic carbocycles. The van der Waals surface area contributed by atoms with Gasteiger partial charge in [-0.1, -0.05) is 6.07 Å². The summed E-state index contributed by atoms with van der Waals surface area (Å²) >= 11 is 5.09. The number of hydrogen-bond acceptors (Lipinski definition) is 5. The van der Waals surface area contributed by atoms with Crippen LogP contribution in [0.15, 0.2) is 61.7 Å². The molecule has 9 heteroatoms. The van der Waals surface area contributed by atoms with Crippen LogP contribution in [0.1, 0.15) is 10.6 Å². The lowest BCUT2D eigenvalue weighted by atomic mass is 10.2. The van der Waals surface area contributed by atoms with Gasteiger partial charge in [-0.2, -0.15) is 0 Å². The maximum atomic E-state index is 12.7. The first-order valence-corrected chi connectivity index (χ1v) is 10.2. The van der Waals surface area contributed by atoms with Crippen molar-refractivity contribution in [1.82, 2.24) is 14.9 Å². The molecule has 144 valence electrons. The number of carbonyl (C=O) groups excluding carboxylic acids is 1. The average Bonchev–Trinajstić information content (AvgIpc) is 3.37. The van der Waals surface area contributed by atoms with Crippen molar-refractivity contribution in [3.8, 4) is 0 Å². The van der Waals surface area contributed by atoms with Gasteiger partial charge in [0.25, 0.3) is 0 Å². The number of aromatic nitrogens is 2. The van der Waals surface area contributed by atoms with Gasteiger partial charge in [0.1, 0.15) is 5.76 Å². The number of imidazole rings is 1. The third-order valence-corrected chi connectivity index (χ3v) is 5.68. The Kier molecular flexibility index (Phi) is 5.47. The van der Waals surface area contributed by atoms with Crippen LogP contribution in [-0.2, 0) is 17.9 Å². The smallest absolute Gasteiger partial charge is 0.323 e. The zero-order chi connectivity index (χ0) is 19.5. The van der Waals surface area contributed by atoms with Crippen molar-refractivity contribution in [2.75, 3.05) is 11.9 Å². The SMILES string of the molecule is O=C(CN(Cc1ccco1)Cc1cccs1)Nc1cc2[nH]c(=O)[nH]c2cc1Br. The fraction of sp³-hybridized carbons (Fsp3) is 0.158. The molecular formula is C19H17BrN4O3S. The van der Waals surface area contributed by atoms with E-state index in [-0.39, 0.29) is 18.1 Å². The number of nitrogens with zero attached hydrogens (tertiary/aromatic N) is 1. The van der Waals surface area contributed by atoms with Crippen LogP contribution >= 0.6 is 27.3 Å². The number of nitrogens with one attached hydrogen (secondary N) is 3. The normalized spacial score (nSPS) is 11.4. The number of amides is 1. The molecule has 3 N–H and O–H groups in total. The molecule has 3 heterocycles. The summed E-state index contributed by atoms with van der Waals surface area (Å²) in [6.45, 7) is 1.38. The molecule has 0 saturated carbocycles. The van der Waals surface area contributed by atoms with E-state index in [0.717, 1.165) is 5.76 Å². The summed E-state index contributed by atoms with van der Waals surface area (Å²) in [5, 5.41) is 4.93. The van der Waals surface area contributed by atoms with Crippen molar-refractivity contribution in [2.24, 2.45) is 0 Å². The molecule has 4 aromatic rings. The lowest BCUT2D eigenvalue weighted by molar-refractivity contribution is -0.117. The third-order valence-electron chi connectivity index (χ3n) is 4.16. The molecule has 3 aromatic heterocycles. The van der Waals surface area contributed by atoms with Gasteiger partial charge in [0.15, 0.2) is 0 Å². The number of rotatable bonds is 7. The van der Waals surface area contributed by atoms with E-state index in [1.54, 1.807) is 29.7 Å². The van der Waals surface area contributed by atoms with Gasteiger partial charge in [0.2, 0.25) is 5.91 Å². The zero-order valence-corrected chi connectivity index (χ0v) is 17.1. The van der Waals surface area contributed by atoms with Crippen molar-refractivity contribution >= 4 is 49.9 Å². The predicted molar refractivity (Wildman–Crippen MR) is 112 cm³/mol. The first kappa shape index (κ1) is 18.7. The van der Waals surface area contributed by atoms with Crippen LogP contribution in [0, 0.1) is 0 Å². The van der Waals surface area contributed by atoms with Crippen molar-refractivity contribution in [3.05, 3.63) is 73.6 Å². The molecule has 28 heavy (non-hydrogen) atoms. The van der Waals surface area contributed by atoms with Gasteiger partial charge in [-0.15, -0.1) is 11.3 Å². The van der Waals surface area contributed by atoms with Crippen LogP contribution in [0.25, 0.3) is 11.0 Å². The van der Waals surface area contributed by atoms with Gasteiger partial charge >= 0.3 is 5.69 Å². The first-order chi connectivity index (χ1) is 13.6. The fourth-order valence-corrected chi connectivity index (χ4v) is 4.15. The van der Waals surface area contributed by atoms with Crippen LogP contribution in [-0.4, -0.2) is 27.3 Å². The second-order valence-corrected chi connectivity index (χ2v) is 8.20. The van der Waals surface area contributed by atoms with Crippen LogP contribution in [0.5, 0.6) is 0 Å². The summed E-state index contributed by atoms with van der Waals surface area (Å²) in [6.07, 6.45) is 1.63. The van der Waals surface area contributed by atoms with Crippen LogP contribution in [0.3, 0.4) is 0 Å². The number of thiophene rings is 1. The Bertz CT molecular complexity index is 1100. The molecule has 1 amide bonds. The lowest BCUT2D eigenvalue weighted by Crippen LogP contribution is -2.32. The molecule has 0 radical (unpaired) electrons. The van der Waals surface area contributed by atoms with Crippen molar-refractivity contribution in [3.63, 3.8) is 0 Å². The highest BCUT2D eigenvalue weighted by Gasteiger charge is 2.16. The van der Waals surface area contributed by atoms with Gasteiger partial charge in [0, 0.05) is 15.9 Å². The molecule has 0 bridgehead atoms. The molecule has 0 fully saturated rings. The Hall–Kier alpha value is -2.62. The molecular weight excluding hydrogens is 444 g/mol. The second-order valence-electron chi connectivity index (χ2n) is 6.31. The Morgan fingerprint density at radius 2 is 2.00 bits per heavy atom. The highest BCUT2D eigenvalue weighted by Crippen LogP contribution is 2.26. The number of H-pyrrole nitrogens is 2. The number of benzene rings is 1. The molecule has 0 saturated heterocycles. The van der Waals surface area contributed by atoms with E-state index < -0.39 is 0 Å². The number of halogens is 1. The van der Waals surface area contributed by atoms with Crippen LogP contribution in [0.2, 0.25) is 0 Å². The lowest BCUT2D eigenvalue weighted by Gasteiger charge is -2.20. The van der Waals surface area contributed by atoms with E-state index in [2.05, 4.69) is 31.2 Å². The van der Waals surface area contributed by atoms with E-state index >= 15 is 0 Å². The molecule has 7 nitrogen and oxygen atoms in total. The fourth-order valence-electron chi connectivity index (χ4n) is 2.96. The molecule has 0 atom stereocenters. The van der Waals surface area contributed by atoms with E-state index in [4.69, 9.17) is 4.42 Å². The molecule has 0 aliphatic carbocycles. The Morgan fingerprint density at radius 1 is 1.18 bits per heavy atom. The van der Waals surface area contributed by atoms with Gasteiger partial charge in [0.05, 0.1) is 36.1 Å². The molecule has 4 rings (SSSR count). The number of carbonyl (C=O) groups is 1. The highest BCUT2D eigenvalue weighted by atomic mass is 79.9. The van der Waals surface area contributed by atoms with Crippen molar-refractivity contribution in [1.29, 1.82) is 0 Å². The van der Waals surface area contributed by atoms with Crippen molar-refractivity contribution < 1.29 is 9.21 Å². The van der Waals surface area contributed by atoms with E-state index in [9.17, 15) is 9.59 Å². The summed E-state index contributed by atoms with van der Waals surface area (Å²) < 4.78 is 6.13. The summed E-state index contributed by atoms with van der Waals surface area (Å²) in [5.74, 6) is 0.651. The number of hydrogen-bond donors (Lipinski definition) is 3. The summed E-state index contributed by atoms with van der Waals surface area (Å²) in [7, 11) is 0. The zero-order valence-electron chi connectivity index (χ0n) is 14.7. The van der Waals surface area contributed by atoms with Gasteiger partial charge < -0.3 is 19.7 Å². The molecule has 0 aliphatic heterocycles. The minimum absolute atomic E-state index is 0.152. The minimum Gasteiger partial charge on any atom is -0.468 e. The highest BCUT2D eigenvalue weighted by molar-refractivity contribution is 9.10. The van der Waals surface area contributed by atoms with Crippen LogP contribution in [0.4, 0.5) is 5.69 Å². The minimum atomic E-state index is -0.286. The number of fused-ring (bicyclic) bond motifs is 1. The topological polar surface area (TPSA) is 94.1 Å². The molecule has 0 aliphatic rings. The first-order valence-electron chi connectivity index (χ1n) is 8.55. The summed E-state index contributed by atoms with van der Waals surface area (Å²) in [6, 6.07) is 11.3. The molecule has 0 spiro atoms. The number of anilines is 1. The van der Waals surface area contributed by atoms with E-state index in [1.165, 1.54) is 4.88 Å². The van der Waals surface area contributed by atoms with E-state index in [0.29, 0.717) is 34.3 Å². The van der Waals surface area contributed by atoms with E-state index in [1.807, 2.05) is 34.5 Å². The maximum Gasteiger partial charge on any atom is 0.323 e. The Morgan fingerprint density at radius 3 is 2.71 bits per heavy atom. The standard InChI is InChI=1S/C19H17BrN4O3S/c20-14-7-16-17(23-19(26)22-16)8-15(14)21-18(25)11-24(9-12-3-1-5-27-12)10-13-4-2-6-28-13/h1-8H,9-11H2,(H,21,25)(H2,22,23,26). The van der Waals surface area contributed by atoms with Gasteiger partial charge in [-0.25, -0.2) is 4.79 Å². The van der Waals surface area contributed by atoms with Gasteiger partial charge in [-0.3, -0.25) is 9.69 Å². The van der Waals surface area contributed by atoms with Crippen molar-refractivity contribution in [2.45, 2.75) is 13.1 Å². The number of furan rings is 1. The summed E-state index contributed by atoms with van der Waals surface area (Å²) in [5.41, 5.74) is 1.62. The van der Waals surface area contributed by atoms with Gasteiger partial charge in [-0.05, 0) is 51.6 Å². The Balaban J connectivity index is 1.49. The quantitative estimate of drug-likeness (QED) is 0.389.